The molecule has 1 aromatic heterocycles. The van der Waals surface area contributed by atoms with E-state index in [0.717, 1.165) is 12.4 Å². The van der Waals surface area contributed by atoms with Crippen LogP contribution in [0.25, 0.3) is 0 Å². The van der Waals surface area contributed by atoms with E-state index >= 15 is 0 Å². The maximum atomic E-state index is 3.97. The molecule has 1 N–H and O–H groups in total. The second-order valence-corrected chi connectivity index (χ2v) is 5.26. The van der Waals surface area contributed by atoms with Crippen LogP contribution in [0.2, 0.25) is 0 Å². The normalized spacial score (nSPS) is 12.0. The van der Waals surface area contributed by atoms with Crippen molar-refractivity contribution in [2.24, 2.45) is 0 Å². The van der Waals surface area contributed by atoms with Gasteiger partial charge >= 0.3 is 0 Å². The third-order valence-electron chi connectivity index (χ3n) is 2.02. The quantitative estimate of drug-likeness (QED) is 0.776. The predicted molar refractivity (Wildman–Crippen MR) is 58.2 cm³/mol. The van der Waals surface area contributed by atoms with Crippen molar-refractivity contribution in [1.29, 1.82) is 0 Å². The van der Waals surface area contributed by atoms with Gasteiger partial charge in [0.15, 0.2) is 5.82 Å². The van der Waals surface area contributed by atoms with E-state index in [1.54, 1.807) is 0 Å². The van der Waals surface area contributed by atoms with Gasteiger partial charge in [-0.25, -0.2) is 4.68 Å². The highest BCUT2D eigenvalue weighted by Crippen LogP contribution is 2.22. The Kier molecular flexibility index (Phi) is 3.88. The molecule has 6 heteroatoms. The van der Waals surface area contributed by atoms with E-state index in [2.05, 4.69) is 40.9 Å². The van der Waals surface area contributed by atoms with E-state index in [4.69, 9.17) is 0 Å². The van der Waals surface area contributed by atoms with Crippen molar-refractivity contribution in [3.63, 3.8) is 0 Å². The molecule has 5 nitrogen and oxygen atoms in total. The maximum absolute atomic E-state index is 3.97. The minimum Gasteiger partial charge on any atom is -0.313 e. The summed E-state index contributed by atoms with van der Waals surface area (Å²) in [6.07, 6.45) is 2.10. The molecule has 0 bridgehead atoms. The van der Waals surface area contributed by atoms with Crippen molar-refractivity contribution in [3.8, 4) is 0 Å². The zero-order chi connectivity index (χ0) is 10.6. The molecule has 0 aliphatic carbocycles. The molecule has 1 rings (SSSR count). The zero-order valence-corrected chi connectivity index (χ0v) is 9.93. The fourth-order valence-corrected chi connectivity index (χ4v) is 1.31. The molecule has 0 spiro atoms. The van der Waals surface area contributed by atoms with Crippen LogP contribution in [0.15, 0.2) is 0 Å². The summed E-state index contributed by atoms with van der Waals surface area (Å²) in [5.74, 6) is 0.884. The van der Waals surface area contributed by atoms with E-state index < -0.39 is 0 Å². The van der Waals surface area contributed by atoms with Crippen LogP contribution in [0, 0.1) is 0 Å². The molecule has 0 unspecified atom stereocenters. The summed E-state index contributed by atoms with van der Waals surface area (Å²) in [7, 11) is 1.89. The molecule has 1 aromatic rings. The first-order valence-electron chi connectivity index (χ1n) is 4.54. The minimum atomic E-state index is 0.165. The Morgan fingerprint density at radius 2 is 2.21 bits per heavy atom. The maximum Gasteiger partial charge on any atom is 0.165 e. The number of nitrogens with one attached hydrogen (secondary N) is 1. The molecule has 0 saturated carbocycles. The van der Waals surface area contributed by atoms with Crippen LogP contribution in [-0.2, 0) is 13.1 Å². The molecule has 0 aromatic carbocycles. The summed E-state index contributed by atoms with van der Waals surface area (Å²) in [5, 5.41) is 14.6. The molecular weight excluding hydrogens is 198 g/mol. The molecule has 0 amide bonds. The van der Waals surface area contributed by atoms with Gasteiger partial charge in [0.1, 0.15) is 0 Å². The van der Waals surface area contributed by atoms with Gasteiger partial charge in [-0.05, 0) is 37.6 Å². The monoisotopic (exact) mass is 215 g/mol. The zero-order valence-electron chi connectivity index (χ0n) is 9.11. The minimum absolute atomic E-state index is 0.165. The molecule has 1 heterocycles. The Morgan fingerprint density at radius 3 is 2.79 bits per heavy atom. The molecule has 0 saturated heterocycles. The summed E-state index contributed by atoms with van der Waals surface area (Å²) in [6.45, 7) is 5.90. The molecule has 14 heavy (non-hydrogen) atoms. The van der Waals surface area contributed by atoms with Gasteiger partial charge in [-0.15, -0.1) is 5.10 Å². The SMILES string of the molecule is CNCc1nnnn1CC(C)(C)SC. The average molecular weight is 215 g/mol. The first-order valence-corrected chi connectivity index (χ1v) is 5.76. The lowest BCUT2D eigenvalue weighted by Crippen LogP contribution is -2.25. The number of rotatable bonds is 5. The Bertz CT molecular complexity index is 283. The van der Waals surface area contributed by atoms with Crippen LogP contribution in [0.3, 0.4) is 0 Å². The average Bonchev–Trinajstić information content (AvgIpc) is 2.53. The number of nitrogens with zero attached hydrogens (tertiary/aromatic N) is 4. The van der Waals surface area contributed by atoms with Gasteiger partial charge in [-0.3, -0.25) is 0 Å². The van der Waals surface area contributed by atoms with Crippen molar-refractivity contribution in [2.75, 3.05) is 13.3 Å². The Labute approximate surface area is 88.6 Å². The van der Waals surface area contributed by atoms with Crippen molar-refractivity contribution in [1.82, 2.24) is 25.5 Å². The van der Waals surface area contributed by atoms with Crippen LogP contribution >= 0.6 is 11.8 Å². The number of thioether (sulfide) groups is 1. The molecule has 0 radical (unpaired) electrons. The van der Waals surface area contributed by atoms with Gasteiger partial charge in [0, 0.05) is 4.75 Å². The number of hydrogen-bond donors (Lipinski definition) is 1. The largest absolute Gasteiger partial charge is 0.313 e. The van der Waals surface area contributed by atoms with Crippen molar-refractivity contribution >= 4 is 11.8 Å². The highest BCUT2D eigenvalue weighted by Gasteiger charge is 2.19. The Morgan fingerprint density at radius 1 is 1.50 bits per heavy atom. The first kappa shape index (κ1) is 11.5. The highest BCUT2D eigenvalue weighted by molar-refractivity contribution is 7.99. The Balaban J connectivity index is 2.70. The van der Waals surface area contributed by atoms with E-state index in [1.807, 2.05) is 23.5 Å². The third-order valence-corrected chi connectivity index (χ3v) is 3.26. The van der Waals surface area contributed by atoms with Crippen LogP contribution in [-0.4, -0.2) is 38.3 Å². The molecule has 0 aliphatic heterocycles. The van der Waals surface area contributed by atoms with Gasteiger partial charge in [0.2, 0.25) is 0 Å². The molecular formula is C8H17N5S. The van der Waals surface area contributed by atoms with Gasteiger partial charge in [0.25, 0.3) is 0 Å². The summed E-state index contributed by atoms with van der Waals surface area (Å²) >= 11 is 1.82. The van der Waals surface area contributed by atoms with Crippen molar-refractivity contribution in [2.45, 2.75) is 31.7 Å². The first-order chi connectivity index (χ1) is 6.59. The number of tetrazole rings is 1. The van der Waals surface area contributed by atoms with Gasteiger partial charge in [0.05, 0.1) is 13.1 Å². The van der Waals surface area contributed by atoms with E-state index in [9.17, 15) is 0 Å². The van der Waals surface area contributed by atoms with E-state index in [1.165, 1.54) is 0 Å². The number of aromatic nitrogens is 4. The molecule has 0 atom stereocenters. The second-order valence-electron chi connectivity index (χ2n) is 3.75. The second kappa shape index (κ2) is 4.75. The van der Waals surface area contributed by atoms with Crippen molar-refractivity contribution < 1.29 is 0 Å². The van der Waals surface area contributed by atoms with E-state index in [-0.39, 0.29) is 4.75 Å². The van der Waals surface area contributed by atoms with Gasteiger partial charge in [-0.1, -0.05) is 0 Å². The highest BCUT2D eigenvalue weighted by atomic mass is 32.2. The lowest BCUT2D eigenvalue weighted by Gasteiger charge is -2.21. The summed E-state index contributed by atoms with van der Waals surface area (Å²) in [6, 6.07) is 0. The lowest BCUT2D eigenvalue weighted by molar-refractivity contribution is 0.485. The van der Waals surface area contributed by atoms with Gasteiger partial charge < -0.3 is 5.32 Å². The van der Waals surface area contributed by atoms with Crippen LogP contribution in [0.5, 0.6) is 0 Å². The van der Waals surface area contributed by atoms with Crippen LogP contribution < -0.4 is 5.32 Å². The fraction of sp³-hybridized carbons (Fsp3) is 0.875. The summed E-state index contributed by atoms with van der Waals surface area (Å²) in [5.41, 5.74) is 0. The predicted octanol–water partition coefficient (Wildman–Crippen LogP) is 0.534. The van der Waals surface area contributed by atoms with Gasteiger partial charge in [-0.2, -0.15) is 11.8 Å². The smallest absolute Gasteiger partial charge is 0.165 e. The lowest BCUT2D eigenvalue weighted by atomic mass is 10.2. The standard InChI is InChI=1S/C8H17N5S/c1-8(2,14-4)6-13-7(5-9-3)10-11-12-13/h9H,5-6H2,1-4H3. The molecule has 80 valence electrons. The third kappa shape index (κ3) is 2.95. The molecule has 0 aliphatic rings. The number of hydrogen-bond acceptors (Lipinski definition) is 5. The summed E-state index contributed by atoms with van der Waals surface area (Å²) < 4.78 is 2.02. The summed E-state index contributed by atoms with van der Waals surface area (Å²) in [4.78, 5) is 0. The van der Waals surface area contributed by atoms with E-state index in [0.29, 0.717) is 6.54 Å². The Hall–Kier alpha value is -0.620. The van der Waals surface area contributed by atoms with Crippen LogP contribution in [0.1, 0.15) is 19.7 Å². The van der Waals surface area contributed by atoms with Crippen molar-refractivity contribution in [3.05, 3.63) is 5.82 Å². The molecule has 0 fully saturated rings. The van der Waals surface area contributed by atoms with Crippen LogP contribution in [0.4, 0.5) is 0 Å². The topological polar surface area (TPSA) is 55.6 Å². The fourth-order valence-electron chi connectivity index (χ4n) is 1.06.